The summed E-state index contributed by atoms with van der Waals surface area (Å²) in [7, 11) is 0. The van der Waals surface area contributed by atoms with Crippen molar-refractivity contribution in [2.75, 3.05) is 0 Å². The number of dihydropyridines is 1. The van der Waals surface area contributed by atoms with Crippen molar-refractivity contribution in [1.82, 2.24) is 5.32 Å². The number of Topliss-reactive ketones (excluding diaryl/α,β-unsaturated/α-hetero) is 1. The standard InChI is InChI=1S/C8H11NO/c1-6-3-4-9-8(5-6)7(2)10/h3-6,9H,1-2H3. The lowest BCUT2D eigenvalue weighted by atomic mass is 10.1. The van der Waals surface area contributed by atoms with Crippen LogP contribution in [0.2, 0.25) is 0 Å². The SMILES string of the molecule is CC(=O)C1=CC(C)C=CN1. The maximum absolute atomic E-state index is 10.8. The van der Waals surface area contributed by atoms with Gasteiger partial charge in [-0.15, -0.1) is 0 Å². The lowest BCUT2D eigenvalue weighted by Crippen LogP contribution is -2.16. The molecular weight excluding hydrogens is 126 g/mol. The average Bonchev–Trinajstić information content (AvgIpc) is 1.88. The van der Waals surface area contributed by atoms with Gasteiger partial charge in [0.05, 0.1) is 5.70 Å². The van der Waals surface area contributed by atoms with Crippen LogP contribution in [0.15, 0.2) is 24.0 Å². The van der Waals surface area contributed by atoms with Crippen LogP contribution < -0.4 is 5.32 Å². The zero-order chi connectivity index (χ0) is 7.56. The Morgan fingerprint density at radius 3 is 2.80 bits per heavy atom. The molecular formula is C8H11NO. The van der Waals surface area contributed by atoms with Crippen LogP contribution in [0.1, 0.15) is 13.8 Å². The Morgan fingerprint density at radius 2 is 2.40 bits per heavy atom. The van der Waals surface area contributed by atoms with E-state index in [1.807, 2.05) is 19.1 Å². The van der Waals surface area contributed by atoms with Crippen molar-refractivity contribution in [3.63, 3.8) is 0 Å². The Kier molecular flexibility index (Phi) is 1.90. The first kappa shape index (κ1) is 7.06. The van der Waals surface area contributed by atoms with E-state index in [4.69, 9.17) is 0 Å². The molecule has 0 fully saturated rings. The molecule has 1 aliphatic heterocycles. The summed E-state index contributed by atoms with van der Waals surface area (Å²) in [5.74, 6) is 0.469. The first-order valence-corrected chi connectivity index (χ1v) is 3.36. The highest BCUT2D eigenvalue weighted by atomic mass is 16.1. The molecule has 0 saturated carbocycles. The van der Waals surface area contributed by atoms with Crippen LogP contribution in [0.3, 0.4) is 0 Å². The van der Waals surface area contributed by atoms with Crippen molar-refractivity contribution in [3.8, 4) is 0 Å². The molecule has 1 N–H and O–H groups in total. The van der Waals surface area contributed by atoms with Gasteiger partial charge in [0.25, 0.3) is 0 Å². The van der Waals surface area contributed by atoms with Gasteiger partial charge in [-0.25, -0.2) is 0 Å². The molecule has 0 aromatic rings. The van der Waals surface area contributed by atoms with Gasteiger partial charge in [-0.2, -0.15) is 0 Å². The van der Waals surface area contributed by atoms with E-state index in [9.17, 15) is 4.79 Å². The van der Waals surface area contributed by atoms with Crippen LogP contribution in [0.4, 0.5) is 0 Å². The second-order valence-corrected chi connectivity index (χ2v) is 2.50. The van der Waals surface area contributed by atoms with Crippen LogP contribution in [0.5, 0.6) is 0 Å². The van der Waals surface area contributed by atoms with Gasteiger partial charge < -0.3 is 5.32 Å². The summed E-state index contributed by atoms with van der Waals surface area (Å²) in [6, 6.07) is 0. The van der Waals surface area contributed by atoms with Crippen molar-refractivity contribution < 1.29 is 4.79 Å². The third-order valence-electron chi connectivity index (χ3n) is 1.45. The molecule has 10 heavy (non-hydrogen) atoms. The first-order valence-electron chi connectivity index (χ1n) is 3.36. The van der Waals surface area contributed by atoms with Crippen molar-refractivity contribution in [2.45, 2.75) is 13.8 Å². The van der Waals surface area contributed by atoms with Crippen molar-refractivity contribution >= 4 is 5.78 Å². The molecule has 2 nitrogen and oxygen atoms in total. The molecule has 0 spiro atoms. The maximum atomic E-state index is 10.8. The lowest BCUT2D eigenvalue weighted by molar-refractivity contribution is -0.113. The summed E-state index contributed by atoms with van der Waals surface area (Å²) >= 11 is 0. The molecule has 0 amide bonds. The fourth-order valence-electron chi connectivity index (χ4n) is 0.875. The summed E-state index contributed by atoms with van der Waals surface area (Å²) in [4.78, 5) is 10.8. The summed E-state index contributed by atoms with van der Waals surface area (Å²) in [6.07, 6.45) is 5.73. The highest BCUT2D eigenvalue weighted by molar-refractivity contribution is 5.93. The monoisotopic (exact) mass is 137 g/mol. The predicted octanol–water partition coefficient (Wildman–Crippen LogP) is 1.21. The fraction of sp³-hybridized carbons (Fsp3) is 0.375. The number of carbonyl (C=O) groups excluding carboxylic acids is 1. The molecule has 2 heteroatoms. The first-order chi connectivity index (χ1) is 4.70. The lowest BCUT2D eigenvalue weighted by Gasteiger charge is -2.10. The fourth-order valence-corrected chi connectivity index (χ4v) is 0.875. The topological polar surface area (TPSA) is 29.1 Å². The maximum Gasteiger partial charge on any atom is 0.175 e. The predicted molar refractivity (Wildman–Crippen MR) is 40.2 cm³/mol. The number of allylic oxidation sites excluding steroid dienone is 3. The van der Waals surface area contributed by atoms with Crippen molar-refractivity contribution in [2.24, 2.45) is 5.92 Å². The average molecular weight is 137 g/mol. The Morgan fingerprint density at radius 1 is 1.70 bits per heavy atom. The van der Waals surface area contributed by atoms with Gasteiger partial charge in [-0.3, -0.25) is 4.79 Å². The van der Waals surface area contributed by atoms with Crippen LogP contribution >= 0.6 is 0 Å². The van der Waals surface area contributed by atoms with Gasteiger partial charge in [0.1, 0.15) is 0 Å². The van der Waals surface area contributed by atoms with E-state index in [0.717, 1.165) is 0 Å². The Bertz CT molecular complexity index is 203. The van der Waals surface area contributed by atoms with Gasteiger partial charge in [0.2, 0.25) is 0 Å². The quantitative estimate of drug-likeness (QED) is 0.588. The second kappa shape index (κ2) is 2.69. The molecule has 0 bridgehead atoms. The number of rotatable bonds is 1. The molecule has 1 heterocycles. The zero-order valence-corrected chi connectivity index (χ0v) is 6.22. The van der Waals surface area contributed by atoms with Gasteiger partial charge in [0.15, 0.2) is 5.78 Å². The van der Waals surface area contributed by atoms with E-state index >= 15 is 0 Å². The smallest absolute Gasteiger partial charge is 0.175 e. The van der Waals surface area contributed by atoms with Crippen LogP contribution in [-0.2, 0) is 4.79 Å². The summed E-state index contributed by atoms with van der Waals surface area (Å²) < 4.78 is 0. The highest BCUT2D eigenvalue weighted by Crippen LogP contribution is 2.07. The zero-order valence-electron chi connectivity index (χ0n) is 6.22. The molecule has 0 radical (unpaired) electrons. The Labute approximate surface area is 60.6 Å². The van der Waals surface area contributed by atoms with Gasteiger partial charge >= 0.3 is 0 Å². The molecule has 1 rings (SSSR count). The molecule has 1 aliphatic rings. The highest BCUT2D eigenvalue weighted by Gasteiger charge is 2.06. The van der Waals surface area contributed by atoms with E-state index in [-0.39, 0.29) is 5.78 Å². The van der Waals surface area contributed by atoms with Crippen LogP contribution in [0.25, 0.3) is 0 Å². The van der Waals surface area contributed by atoms with Gasteiger partial charge in [-0.1, -0.05) is 19.1 Å². The molecule has 1 atom stereocenters. The summed E-state index contributed by atoms with van der Waals surface area (Å²) in [5, 5.41) is 2.88. The normalized spacial score (nSPS) is 23.4. The minimum atomic E-state index is 0.0937. The minimum Gasteiger partial charge on any atom is -0.359 e. The third kappa shape index (κ3) is 1.47. The van der Waals surface area contributed by atoms with E-state index in [1.54, 1.807) is 13.1 Å². The van der Waals surface area contributed by atoms with Gasteiger partial charge in [-0.05, 0) is 12.1 Å². The number of ketones is 1. The third-order valence-corrected chi connectivity index (χ3v) is 1.45. The molecule has 54 valence electrons. The molecule has 0 saturated heterocycles. The Hall–Kier alpha value is -1.05. The molecule has 0 aliphatic carbocycles. The number of nitrogens with one attached hydrogen (secondary N) is 1. The molecule has 1 unspecified atom stereocenters. The van der Waals surface area contributed by atoms with E-state index in [2.05, 4.69) is 5.32 Å². The van der Waals surface area contributed by atoms with Crippen LogP contribution in [-0.4, -0.2) is 5.78 Å². The van der Waals surface area contributed by atoms with E-state index in [1.165, 1.54) is 0 Å². The minimum absolute atomic E-state index is 0.0937. The van der Waals surface area contributed by atoms with Crippen LogP contribution in [0, 0.1) is 5.92 Å². The second-order valence-electron chi connectivity index (χ2n) is 2.50. The Balaban J connectivity index is 2.71. The molecule has 0 aromatic carbocycles. The summed E-state index contributed by atoms with van der Waals surface area (Å²) in [6.45, 7) is 3.60. The van der Waals surface area contributed by atoms with Gasteiger partial charge in [0, 0.05) is 6.92 Å². The van der Waals surface area contributed by atoms with E-state index in [0.29, 0.717) is 11.6 Å². The number of carbonyl (C=O) groups is 1. The van der Waals surface area contributed by atoms with E-state index < -0.39 is 0 Å². The number of hydrogen-bond acceptors (Lipinski definition) is 2. The summed E-state index contributed by atoms with van der Waals surface area (Å²) in [5.41, 5.74) is 0.704. The van der Waals surface area contributed by atoms with Crippen molar-refractivity contribution in [1.29, 1.82) is 0 Å². The van der Waals surface area contributed by atoms with Crippen molar-refractivity contribution in [3.05, 3.63) is 24.0 Å². The number of hydrogen-bond donors (Lipinski definition) is 1. The largest absolute Gasteiger partial charge is 0.359 e. The molecule has 0 aromatic heterocycles.